The Kier molecular flexibility index (Phi) is 8.94. The van der Waals surface area contributed by atoms with Gasteiger partial charge in [0.25, 0.3) is 0 Å². The zero-order valence-corrected chi connectivity index (χ0v) is 16.1. The Hall–Kier alpha value is -4.32. The van der Waals surface area contributed by atoms with Crippen LogP contribution in [-0.4, -0.2) is 30.4 Å². The molecule has 4 rings (SSSR count). The third-order valence-corrected chi connectivity index (χ3v) is 3.56. The maximum Gasteiger partial charge on any atom is 0.157 e. The van der Waals surface area contributed by atoms with Crippen molar-refractivity contribution in [1.29, 1.82) is 0 Å². The van der Waals surface area contributed by atoms with Gasteiger partial charge in [-0.15, -0.1) is 0 Å². The highest BCUT2D eigenvalue weighted by atomic mass is 16.3. The van der Waals surface area contributed by atoms with Crippen LogP contribution in [0.25, 0.3) is 12.2 Å². The number of para-hydroxylation sites is 4. The van der Waals surface area contributed by atoms with Crippen LogP contribution in [0.3, 0.4) is 0 Å². The van der Waals surface area contributed by atoms with Crippen LogP contribution in [0.5, 0.6) is 23.0 Å². The highest BCUT2D eigenvalue weighted by molar-refractivity contribution is 5.65. The average molecular weight is 402 g/mol. The van der Waals surface area contributed by atoms with Crippen molar-refractivity contribution in [3.05, 3.63) is 109 Å². The normalized spacial score (nSPS) is 9.73. The van der Waals surface area contributed by atoms with E-state index in [-0.39, 0.29) is 23.0 Å². The molecule has 2 aromatic heterocycles. The number of benzene rings is 2. The van der Waals surface area contributed by atoms with E-state index in [1.165, 1.54) is 24.3 Å². The molecule has 4 aromatic rings. The van der Waals surface area contributed by atoms with Crippen molar-refractivity contribution in [2.24, 2.45) is 0 Å². The molecule has 0 bridgehead atoms. The molecule has 30 heavy (non-hydrogen) atoms. The van der Waals surface area contributed by atoms with Crippen LogP contribution in [-0.2, 0) is 0 Å². The molecule has 0 unspecified atom stereocenters. The summed E-state index contributed by atoms with van der Waals surface area (Å²) in [7, 11) is 0. The van der Waals surface area contributed by atoms with E-state index in [1.807, 2.05) is 48.6 Å². The molecular formula is C24H22N2O4. The molecule has 0 fully saturated rings. The van der Waals surface area contributed by atoms with E-state index in [4.69, 9.17) is 20.4 Å². The van der Waals surface area contributed by atoms with Crippen LogP contribution in [0.1, 0.15) is 11.4 Å². The van der Waals surface area contributed by atoms with Crippen LogP contribution >= 0.6 is 0 Å². The first kappa shape index (κ1) is 22.0. The Morgan fingerprint density at radius 1 is 0.433 bits per heavy atom. The van der Waals surface area contributed by atoms with Crippen LogP contribution in [0.4, 0.5) is 0 Å². The van der Waals surface area contributed by atoms with Crippen molar-refractivity contribution in [1.82, 2.24) is 9.97 Å². The van der Waals surface area contributed by atoms with Gasteiger partial charge in [-0.25, -0.2) is 0 Å². The highest BCUT2D eigenvalue weighted by Crippen LogP contribution is 2.22. The number of phenolic OH excluding ortho intramolecular Hbond substituents is 4. The molecule has 0 saturated carbocycles. The molecule has 4 N–H and O–H groups in total. The van der Waals surface area contributed by atoms with E-state index in [9.17, 15) is 0 Å². The summed E-state index contributed by atoms with van der Waals surface area (Å²) < 4.78 is 0. The van der Waals surface area contributed by atoms with E-state index in [1.54, 1.807) is 36.7 Å². The molecule has 0 radical (unpaired) electrons. The van der Waals surface area contributed by atoms with Crippen LogP contribution in [0, 0.1) is 0 Å². The SMILES string of the molecule is C(=C\c1ccccn1)/c1ccccn1.Oc1ccccc1O.Oc1ccccc1O. The predicted octanol–water partition coefficient (Wildman–Crippen LogP) is 4.84. The van der Waals surface area contributed by atoms with Gasteiger partial charge in [0.05, 0.1) is 11.4 Å². The molecule has 0 aliphatic heterocycles. The maximum absolute atomic E-state index is 8.67. The summed E-state index contributed by atoms with van der Waals surface area (Å²) in [6.45, 7) is 0. The lowest BCUT2D eigenvalue weighted by Crippen LogP contribution is -1.79. The number of aromatic hydroxyl groups is 4. The van der Waals surface area contributed by atoms with Crippen LogP contribution < -0.4 is 0 Å². The van der Waals surface area contributed by atoms with Gasteiger partial charge >= 0.3 is 0 Å². The van der Waals surface area contributed by atoms with Gasteiger partial charge in [-0.3, -0.25) is 9.97 Å². The first-order valence-electron chi connectivity index (χ1n) is 9.00. The smallest absolute Gasteiger partial charge is 0.157 e. The number of pyridine rings is 2. The minimum absolute atomic E-state index is 0.0764. The van der Waals surface area contributed by atoms with Crippen molar-refractivity contribution in [2.45, 2.75) is 0 Å². The van der Waals surface area contributed by atoms with Crippen molar-refractivity contribution >= 4 is 12.2 Å². The third-order valence-electron chi connectivity index (χ3n) is 3.56. The zero-order chi connectivity index (χ0) is 21.6. The summed E-state index contributed by atoms with van der Waals surface area (Å²) in [4.78, 5) is 8.36. The summed E-state index contributed by atoms with van der Waals surface area (Å²) in [5, 5.41) is 34.7. The van der Waals surface area contributed by atoms with E-state index in [0.717, 1.165) is 11.4 Å². The molecule has 6 nitrogen and oxygen atoms in total. The summed E-state index contributed by atoms with van der Waals surface area (Å²) >= 11 is 0. The number of hydrogen-bond acceptors (Lipinski definition) is 6. The van der Waals surface area contributed by atoms with Crippen LogP contribution in [0.2, 0.25) is 0 Å². The van der Waals surface area contributed by atoms with Crippen molar-refractivity contribution in [3.8, 4) is 23.0 Å². The van der Waals surface area contributed by atoms with Gasteiger partial charge in [0.15, 0.2) is 23.0 Å². The van der Waals surface area contributed by atoms with Gasteiger partial charge < -0.3 is 20.4 Å². The van der Waals surface area contributed by atoms with E-state index >= 15 is 0 Å². The first-order chi connectivity index (χ1) is 14.6. The summed E-state index contributed by atoms with van der Waals surface area (Å²) in [6.07, 6.45) is 7.45. The lowest BCUT2D eigenvalue weighted by molar-refractivity contribution is 0.404. The highest BCUT2D eigenvalue weighted by Gasteiger charge is 1.91. The molecule has 2 aromatic carbocycles. The van der Waals surface area contributed by atoms with Crippen LogP contribution in [0.15, 0.2) is 97.3 Å². The van der Waals surface area contributed by atoms with Gasteiger partial charge in [0, 0.05) is 12.4 Å². The fraction of sp³-hybridized carbons (Fsp3) is 0. The second-order valence-corrected chi connectivity index (χ2v) is 5.82. The Bertz CT molecular complexity index is 912. The monoisotopic (exact) mass is 402 g/mol. The van der Waals surface area contributed by atoms with Crippen molar-refractivity contribution in [3.63, 3.8) is 0 Å². The standard InChI is InChI=1S/C12H10N2.2C6H6O2/c1-3-9-13-11(5-1)7-8-12-6-2-4-10-14-12;2*7-5-3-1-2-4-6(5)8/h1-10H;2*1-4,7-8H/b8-7+;;. The molecule has 0 aliphatic rings. The summed E-state index contributed by atoms with van der Waals surface area (Å²) in [5.74, 6) is -0.306. The Morgan fingerprint density at radius 3 is 0.967 bits per heavy atom. The van der Waals surface area contributed by atoms with Gasteiger partial charge in [-0.1, -0.05) is 36.4 Å². The molecule has 0 aliphatic carbocycles. The largest absolute Gasteiger partial charge is 0.504 e. The second kappa shape index (κ2) is 12.2. The Balaban J connectivity index is 0.000000172. The third kappa shape index (κ3) is 8.14. The fourth-order valence-corrected chi connectivity index (χ4v) is 2.05. The Morgan fingerprint density at radius 2 is 0.733 bits per heavy atom. The Labute approximate surface area is 174 Å². The molecule has 0 saturated heterocycles. The molecule has 6 heteroatoms. The number of hydrogen-bond donors (Lipinski definition) is 4. The van der Waals surface area contributed by atoms with Gasteiger partial charge in [0.1, 0.15) is 0 Å². The molecule has 0 atom stereocenters. The van der Waals surface area contributed by atoms with Crippen molar-refractivity contribution in [2.75, 3.05) is 0 Å². The lowest BCUT2D eigenvalue weighted by atomic mass is 10.3. The lowest BCUT2D eigenvalue weighted by Gasteiger charge is -1.91. The quantitative estimate of drug-likeness (QED) is 0.357. The minimum atomic E-state index is -0.0764. The summed E-state index contributed by atoms with van der Waals surface area (Å²) in [6, 6.07) is 23.9. The summed E-state index contributed by atoms with van der Waals surface area (Å²) in [5.41, 5.74) is 1.89. The number of nitrogens with zero attached hydrogens (tertiary/aromatic N) is 2. The fourth-order valence-electron chi connectivity index (χ4n) is 2.05. The second-order valence-electron chi connectivity index (χ2n) is 5.82. The number of phenols is 4. The molecule has 0 amide bonds. The average Bonchev–Trinajstić information content (AvgIpc) is 2.79. The van der Waals surface area contributed by atoms with Gasteiger partial charge in [-0.05, 0) is 60.7 Å². The van der Waals surface area contributed by atoms with Gasteiger partial charge in [0.2, 0.25) is 0 Å². The predicted molar refractivity (Wildman–Crippen MR) is 117 cm³/mol. The first-order valence-corrected chi connectivity index (χ1v) is 9.00. The molecule has 0 spiro atoms. The topological polar surface area (TPSA) is 107 Å². The number of aromatic nitrogens is 2. The molecular weight excluding hydrogens is 380 g/mol. The zero-order valence-electron chi connectivity index (χ0n) is 16.1. The number of rotatable bonds is 2. The van der Waals surface area contributed by atoms with E-state index in [0.29, 0.717) is 0 Å². The molecule has 152 valence electrons. The minimum Gasteiger partial charge on any atom is -0.504 e. The maximum atomic E-state index is 8.67. The van der Waals surface area contributed by atoms with E-state index in [2.05, 4.69) is 9.97 Å². The molecule has 2 heterocycles. The van der Waals surface area contributed by atoms with E-state index < -0.39 is 0 Å². The van der Waals surface area contributed by atoms with Gasteiger partial charge in [-0.2, -0.15) is 0 Å². The van der Waals surface area contributed by atoms with Crippen molar-refractivity contribution < 1.29 is 20.4 Å².